The Morgan fingerprint density at radius 1 is 1.07 bits per heavy atom. The predicted molar refractivity (Wildman–Crippen MR) is 58.4 cm³/mol. The van der Waals surface area contributed by atoms with E-state index in [1.165, 1.54) is 5.56 Å². The molecule has 0 saturated heterocycles. The lowest BCUT2D eigenvalue weighted by Crippen LogP contribution is -1.98. The van der Waals surface area contributed by atoms with Crippen molar-refractivity contribution in [1.82, 2.24) is 0 Å². The highest BCUT2D eigenvalue weighted by Gasteiger charge is 2.11. The molecule has 0 unspecified atom stereocenters. The number of aryl methyl sites for hydroxylation is 1. The third-order valence-corrected chi connectivity index (χ3v) is 2.34. The van der Waals surface area contributed by atoms with Gasteiger partial charge < -0.3 is 9.47 Å². The summed E-state index contributed by atoms with van der Waals surface area (Å²) in [5.41, 5.74) is 2.32. The van der Waals surface area contributed by atoms with Gasteiger partial charge in [0.15, 0.2) is 0 Å². The highest BCUT2D eigenvalue weighted by molar-refractivity contribution is 5.48. The topological polar surface area (TPSA) is 18.5 Å². The average Bonchev–Trinajstić information content (AvgIpc) is 2.16. The summed E-state index contributed by atoms with van der Waals surface area (Å²) in [5, 5.41) is 0. The van der Waals surface area contributed by atoms with Gasteiger partial charge in [-0.1, -0.05) is 13.8 Å². The van der Waals surface area contributed by atoms with E-state index in [2.05, 4.69) is 13.8 Å². The molecular weight excluding hydrogens is 176 g/mol. The van der Waals surface area contributed by atoms with Gasteiger partial charge in [-0.25, -0.2) is 0 Å². The number of ether oxygens (including phenoxy) is 2. The van der Waals surface area contributed by atoms with Gasteiger partial charge in [0.2, 0.25) is 0 Å². The normalized spacial score (nSPS) is 10.4. The van der Waals surface area contributed by atoms with E-state index in [0.29, 0.717) is 5.92 Å². The maximum Gasteiger partial charge on any atom is 0.125 e. The number of methoxy groups -OCH3 is 2. The van der Waals surface area contributed by atoms with E-state index < -0.39 is 0 Å². The van der Waals surface area contributed by atoms with E-state index in [0.717, 1.165) is 17.1 Å². The Balaban J connectivity index is 3.28. The molecule has 0 fully saturated rings. The minimum Gasteiger partial charge on any atom is -0.497 e. The molecule has 1 aromatic carbocycles. The molecule has 0 radical (unpaired) electrons. The van der Waals surface area contributed by atoms with E-state index in [9.17, 15) is 0 Å². The molecule has 2 heteroatoms. The van der Waals surface area contributed by atoms with Gasteiger partial charge in [-0.3, -0.25) is 0 Å². The summed E-state index contributed by atoms with van der Waals surface area (Å²) < 4.78 is 10.6. The molecule has 0 amide bonds. The van der Waals surface area contributed by atoms with Gasteiger partial charge in [-0.15, -0.1) is 0 Å². The van der Waals surface area contributed by atoms with Gasteiger partial charge in [0.05, 0.1) is 14.2 Å². The summed E-state index contributed by atoms with van der Waals surface area (Å²) in [6, 6.07) is 4.03. The van der Waals surface area contributed by atoms with Crippen molar-refractivity contribution in [3.63, 3.8) is 0 Å². The van der Waals surface area contributed by atoms with Crippen LogP contribution in [-0.4, -0.2) is 14.2 Å². The zero-order valence-electron chi connectivity index (χ0n) is 9.55. The maximum atomic E-state index is 5.38. The van der Waals surface area contributed by atoms with E-state index >= 15 is 0 Å². The van der Waals surface area contributed by atoms with E-state index in [1.54, 1.807) is 14.2 Å². The average molecular weight is 194 g/mol. The Kier molecular flexibility index (Phi) is 3.39. The van der Waals surface area contributed by atoms with Crippen molar-refractivity contribution >= 4 is 0 Å². The number of hydrogen-bond donors (Lipinski definition) is 0. The summed E-state index contributed by atoms with van der Waals surface area (Å²) in [6.45, 7) is 6.33. The van der Waals surface area contributed by atoms with Gasteiger partial charge in [0.1, 0.15) is 11.5 Å². The number of rotatable bonds is 3. The summed E-state index contributed by atoms with van der Waals surface area (Å²) in [7, 11) is 3.39. The fraction of sp³-hybridized carbons (Fsp3) is 0.500. The van der Waals surface area contributed by atoms with Crippen LogP contribution in [0.1, 0.15) is 30.9 Å². The Morgan fingerprint density at radius 3 is 2.14 bits per heavy atom. The summed E-state index contributed by atoms with van der Waals surface area (Å²) in [4.78, 5) is 0. The van der Waals surface area contributed by atoms with Gasteiger partial charge in [-0.05, 0) is 30.5 Å². The smallest absolute Gasteiger partial charge is 0.125 e. The number of benzene rings is 1. The monoisotopic (exact) mass is 194 g/mol. The van der Waals surface area contributed by atoms with Gasteiger partial charge >= 0.3 is 0 Å². The molecular formula is C12H18O2. The molecule has 0 saturated carbocycles. The fourth-order valence-electron chi connectivity index (χ4n) is 1.59. The quantitative estimate of drug-likeness (QED) is 0.736. The third kappa shape index (κ3) is 2.00. The van der Waals surface area contributed by atoms with Gasteiger partial charge in [-0.2, -0.15) is 0 Å². The molecule has 0 aliphatic heterocycles. The SMILES string of the molecule is COc1cc(C)c(OC)c(C(C)C)c1. The van der Waals surface area contributed by atoms with Crippen LogP contribution in [0.25, 0.3) is 0 Å². The molecule has 1 rings (SSSR count). The van der Waals surface area contributed by atoms with Crippen molar-refractivity contribution < 1.29 is 9.47 Å². The Bertz CT molecular complexity index is 316. The second-order valence-electron chi connectivity index (χ2n) is 3.72. The Labute approximate surface area is 85.8 Å². The third-order valence-electron chi connectivity index (χ3n) is 2.34. The molecule has 14 heavy (non-hydrogen) atoms. The Morgan fingerprint density at radius 2 is 1.71 bits per heavy atom. The largest absolute Gasteiger partial charge is 0.497 e. The Hall–Kier alpha value is -1.18. The molecule has 0 aliphatic carbocycles. The van der Waals surface area contributed by atoms with Crippen LogP contribution in [0, 0.1) is 6.92 Å². The first-order valence-corrected chi connectivity index (χ1v) is 4.82. The standard InChI is InChI=1S/C12H18O2/c1-8(2)11-7-10(13-4)6-9(3)12(11)14-5/h6-8H,1-5H3. The van der Waals surface area contributed by atoms with Crippen molar-refractivity contribution in [2.75, 3.05) is 14.2 Å². The lowest BCUT2D eigenvalue weighted by Gasteiger charge is -2.15. The fourth-order valence-corrected chi connectivity index (χ4v) is 1.59. The van der Waals surface area contributed by atoms with Crippen LogP contribution in [0.3, 0.4) is 0 Å². The van der Waals surface area contributed by atoms with Crippen molar-refractivity contribution in [2.45, 2.75) is 26.7 Å². The predicted octanol–water partition coefficient (Wildman–Crippen LogP) is 3.14. The lowest BCUT2D eigenvalue weighted by atomic mass is 9.99. The molecule has 0 bridgehead atoms. The first-order chi connectivity index (χ1) is 6.60. The van der Waals surface area contributed by atoms with Crippen LogP contribution in [0.2, 0.25) is 0 Å². The van der Waals surface area contributed by atoms with E-state index in [-0.39, 0.29) is 0 Å². The second-order valence-corrected chi connectivity index (χ2v) is 3.72. The molecule has 2 nitrogen and oxygen atoms in total. The summed E-state index contributed by atoms with van der Waals surface area (Å²) >= 11 is 0. The van der Waals surface area contributed by atoms with Crippen LogP contribution in [0.4, 0.5) is 0 Å². The van der Waals surface area contributed by atoms with E-state index in [1.807, 2.05) is 19.1 Å². The number of hydrogen-bond acceptors (Lipinski definition) is 2. The summed E-state index contributed by atoms with van der Waals surface area (Å²) in [6.07, 6.45) is 0. The van der Waals surface area contributed by atoms with Crippen LogP contribution in [0.15, 0.2) is 12.1 Å². The molecule has 1 aromatic rings. The first kappa shape index (κ1) is 10.9. The summed E-state index contributed by atoms with van der Waals surface area (Å²) in [5.74, 6) is 2.31. The minimum absolute atomic E-state index is 0.443. The second kappa shape index (κ2) is 4.36. The van der Waals surface area contributed by atoms with Crippen LogP contribution >= 0.6 is 0 Å². The van der Waals surface area contributed by atoms with Crippen molar-refractivity contribution in [1.29, 1.82) is 0 Å². The highest BCUT2D eigenvalue weighted by Crippen LogP contribution is 2.33. The van der Waals surface area contributed by atoms with Gasteiger partial charge in [0.25, 0.3) is 0 Å². The van der Waals surface area contributed by atoms with Crippen LogP contribution < -0.4 is 9.47 Å². The highest BCUT2D eigenvalue weighted by atomic mass is 16.5. The molecule has 0 atom stereocenters. The lowest BCUT2D eigenvalue weighted by molar-refractivity contribution is 0.394. The van der Waals surface area contributed by atoms with E-state index in [4.69, 9.17) is 9.47 Å². The van der Waals surface area contributed by atoms with Crippen molar-refractivity contribution in [2.24, 2.45) is 0 Å². The first-order valence-electron chi connectivity index (χ1n) is 4.82. The molecule has 0 aromatic heterocycles. The molecule has 0 N–H and O–H groups in total. The van der Waals surface area contributed by atoms with Gasteiger partial charge in [0, 0.05) is 5.56 Å². The zero-order chi connectivity index (χ0) is 10.7. The zero-order valence-corrected chi connectivity index (χ0v) is 9.55. The van der Waals surface area contributed by atoms with Crippen molar-refractivity contribution in [3.8, 4) is 11.5 Å². The van der Waals surface area contributed by atoms with Crippen LogP contribution in [-0.2, 0) is 0 Å². The maximum absolute atomic E-state index is 5.38. The molecule has 0 heterocycles. The molecule has 0 spiro atoms. The minimum atomic E-state index is 0.443. The van der Waals surface area contributed by atoms with Crippen LogP contribution in [0.5, 0.6) is 11.5 Å². The molecule has 0 aliphatic rings. The molecule has 78 valence electrons. The van der Waals surface area contributed by atoms with Crippen molar-refractivity contribution in [3.05, 3.63) is 23.3 Å².